The highest BCUT2D eigenvalue weighted by atomic mass is 79.9. The number of amides is 1. The number of aromatic hydroxyl groups is 1. The van der Waals surface area contributed by atoms with Crippen LogP contribution in [0.1, 0.15) is 63.2 Å². The number of carbonyl (C=O) groups excluding carboxylic acids is 2. The van der Waals surface area contributed by atoms with Crippen molar-refractivity contribution in [1.29, 1.82) is 0 Å². The van der Waals surface area contributed by atoms with Crippen molar-refractivity contribution in [2.24, 2.45) is 5.92 Å². The van der Waals surface area contributed by atoms with Crippen molar-refractivity contribution in [3.05, 3.63) is 163 Å². The Labute approximate surface area is 384 Å². The number of esters is 1. The molecule has 3 aliphatic heterocycles. The van der Waals surface area contributed by atoms with Crippen LogP contribution in [-0.2, 0) is 22.6 Å². The fourth-order valence-electron chi connectivity index (χ4n) is 8.41. The minimum atomic E-state index is -0.923. The number of fused-ring (bicyclic) bond motifs is 4. The number of benzene rings is 5. The molecule has 0 radical (unpaired) electrons. The molecule has 5 N–H and O–H groups in total. The number of pyridine rings is 1. The van der Waals surface area contributed by atoms with Crippen molar-refractivity contribution in [2.75, 3.05) is 46.5 Å². The van der Waals surface area contributed by atoms with Gasteiger partial charge in [-0.2, -0.15) is 0 Å². The van der Waals surface area contributed by atoms with Gasteiger partial charge < -0.3 is 49.5 Å². The minimum absolute atomic E-state index is 0.00603. The summed E-state index contributed by atoms with van der Waals surface area (Å²) in [7, 11) is 1.55. The molecule has 2 bridgehead atoms. The van der Waals surface area contributed by atoms with E-state index in [-0.39, 0.29) is 49.3 Å². The number of aliphatic hydroxyl groups excluding tert-OH is 1. The molecule has 9 rings (SSSR count). The van der Waals surface area contributed by atoms with Crippen LogP contribution in [0.4, 0.5) is 4.79 Å². The molecule has 3 fully saturated rings. The van der Waals surface area contributed by atoms with Gasteiger partial charge in [0.2, 0.25) is 5.56 Å². The normalized spacial score (nSPS) is 17.5. The highest BCUT2D eigenvalue weighted by Crippen LogP contribution is 2.34. The smallest absolute Gasteiger partial charge is 0.408 e. The standard InChI is InChI=1S/C50H51BrN4O10/c1-61-43-26-44(40(51)25-36(43)27-52-28-42(57)38-14-16-41(56)48-39(38)15-17-46(58)53-48)62-22-23-63-49(59)34-12-10-31(11-13-34)30-64-37-9-5-8-35(24-37)47(33-6-3-2-4-7-33)54-50(60)65-45-29-55-20-18-32(45)19-21-55/h2-17,24-26,32,42,45,47,52,56-57H,18-23,27-30H2,1H3,(H,53,58)(H,54,60)/t42-,45+,47?/m1/s1. The van der Waals surface area contributed by atoms with Crippen LogP contribution in [0.5, 0.6) is 23.0 Å². The molecule has 338 valence electrons. The van der Waals surface area contributed by atoms with Gasteiger partial charge in [-0.05, 0) is 112 Å². The van der Waals surface area contributed by atoms with Crippen LogP contribution in [0.2, 0.25) is 0 Å². The van der Waals surface area contributed by atoms with Gasteiger partial charge in [0.05, 0.1) is 34.8 Å². The Bertz CT molecular complexity index is 2650. The van der Waals surface area contributed by atoms with E-state index in [1.165, 1.54) is 12.1 Å². The number of H-pyrrole nitrogens is 1. The van der Waals surface area contributed by atoms with E-state index in [9.17, 15) is 24.6 Å². The van der Waals surface area contributed by atoms with Crippen LogP contribution in [0.15, 0.2) is 125 Å². The second-order valence-electron chi connectivity index (χ2n) is 16.1. The SMILES string of the molecule is COc1cc(OCCOC(=O)c2ccc(COc3cccc(C(NC(=O)O[C@H]4CN5CCC4CC5)c4ccccc4)c3)cc2)c(Br)cc1CNC[C@@H](O)c1ccc(O)c2[nH]c(=O)ccc12. The molecule has 4 heterocycles. The van der Waals surface area contributed by atoms with Crippen molar-refractivity contribution >= 4 is 38.9 Å². The predicted octanol–water partition coefficient (Wildman–Crippen LogP) is 7.55. The Hall–Kier alpha value is -6.39. The number of nitrogens with one attached hydrogen (secondary N) is 3. The molecule has 65 heavy (non-hydrogen) atoms. The average molecular weight is 948 g/mol. The molecule has 14 nitrogen and oxygen atoms in total. The number of aliphatic hydroxyl groups is 1. The van der Waals surface area contributed by atoms with E-state index in [0.29, 0.717) is 50.7 Å². The number of methoxy groups -OCH3 is 1. The van der Waals surface area contributed by atoms with E-state index in [4.69, 9.17) is 23.7 Å². The number of hydrogen-bond donors (Lipinski definition) is 5. The number of carbonyl (C=O) groups is 2. The van der Waals surface area contributed by atoms with Gasteiger partial charge >= 0.3 is 12.1 Å². The van der Waals surface area contributed by atoms with Crippen LogP contribution in [0, 0.1) is 5.92 Å². The second-order valence-corrected chi connectivity index (χ2v) is 17.0. The molecule has 6 aromatic rings. The molecule has 0 saturated carbocycles. The molecular formula is C50H51BrN4O10. The molecule has 5 aromatic carbocycles. The number of halogens is 1. The van der Waals surface area contributed by atoms with Gasteiger partial charge in [-0.15, -0.1) is 0 Å². The first-order valence-corrected chi connectivity index (χ1v) is 22.4. The highest BCUT2D eigenvalue weighted by Gasteiger charge is 2.37. The zero-order valence-electron chi connectivity index (χ0n) is 35.8. The maximum Gasteiger partial charge on any atom is 0.408 e. The number of piperidine rings is 3. The molecular weight excluding hydrogens is 896 g/mol. The van der Waals surface area contributed by atoms with Crippen LogP contribution in [0.25, 0.3) is 10.9 Å². The monoisotopic (exact) mass is 946 g/mol. The third kappa shape index (κ3) is 11.3. The fourth-order valence-corrected chi connectivity index (χ4v) is 8.92. The molecule has 3 atom stereocenters. The molecule has 15 heteroatoms. The molecule has 1 amide bonds. The molecule has 0 aliphatic carbocycles. The molecule has 1 unspecified atom stereocenters. The predicted molar refractivity (Wildman–Crippen MR) is 247 cm³/mol. The summed E-state index contributed by atoms with van der Waals surface area (Å²) in [4.78, 5) is 42.9. The first-order chi connectivity index (χ1) is 31.6. The van der Waals surface area contributed by atoms with E-state index in [2.05, 4.69) is 36.4 Å². The Kier molecular flexibility index (Phi) is 14.6. The number of hydrogen-bond acceptors (Lipinski definition) is 12. The Morgan fingerprint density at radius 3 is 2.42 bits per heavy atom. The number of alkyl carbamates (subject to hydrolysis) is 1. The summed E-state index contributed by atoms with van der Waals surface area (Å²) >= 11 is 3.56. The van der Waals surface area contributed by atoms with Gasteiger partial charge in [0.25, 0.3) is 0 Å². The molecule has 3 aliphatic rings. The van der Waals surface area contributed by atoms with Crippen LogP contribution in [-0.4, -0.2) is 84.8 Å². The number of ether oxygens (including phenoxy) is 5. The largest absolute Gasteiger partial charge is 0.506 e. The minimum Gasteiger partial charge on any atom is -0.506 e. The zero-order chi connectivity index (χ0) is 45.3. The van der Waals surface area contributed by atoms with E-state index in [1.54, 1.807) is 37.4 Å². The zero-order valence-corrected chi connectivity index (χ0v) is 37.4. The lowest BCUT2D eigenvalue weighted by Crippen LogP contribution is -2.52. The summed E-state index contributed by atoms with van der Waals surface area (Å²) in [5.41, 5.74) is 4.30. The number of aromatic nitrogens is 1. The fraction of sp³-hybridized carbons (Fsp3) is 0.300. The van der Waals surface area contributed by atoms with Gasteiger partial charge in [-0.25, -0.2) is 9.59 Å². The summed E-state index contributed by atoms with van der Waals surface area (Å²) in [6.07, 6.45) is 0.662. The van der Waals surface area contributed by atoms with Gasteiger partial charge in [0, 0.05) is 42.7 Å². The van der Waals surface area contributed by atoms with Gasteiger partial charge in [-0.3, -0.25) is 9.69 Å². The Morgan fingerprint density at radius 2 is 1.66 bits per heavy atom. The Balaban J connectivity index is 0.794. The van der Waals surface area contributed by atoms with Crippen molar-refractivity contribution < 1.29 is 43.5 Å². The summed E-state index contributed by atoms with van der Waals surface area (Å²) in [5.74, 6) is 1.52. The molecule has 1 aromatic heterocycles. The van der Waals surface area contributed by atoms with Crippen molar-refractivity contribution in [1.82, 2.24) is 20.5 Å². The van der Waals surface area contributed by atoms with Crippen LogP contribution in [0.3, 0.4) is 0 Å². The van der Waals surface area contributed by atoms with Gasteiger partial charge in [-0.1, -0.05) is 60.7 Å². The van der Waals surface area contributed by atoms with E-state index < -0.39 is 24.2 Å². The number of phenolic OH excluding ortho intramolecular Hbond substituents is 1. The van der Waals surface area contributed by atoms with Gasteiger partial charge in [0.15, 0.2) is 0 Å². The lowest BCUT2D eigenvalue weighted by atomic mass is 9.86. The summed E-state index contributed by atoms with van der Waals surface area (Å²) in [6.45, 7) is 3.82. The Morgan fingerprint density at radius 1 is 0.877 bits per heavy atom. The second kappa shape index (κ2) is 21.1. The summed E-state index contributed by atoms with van der Waals surface area (Å²) in [5, 5.41) is 28.0. The van der Waals surface area contributed by atoms with Gasteiger partial charge in [0.1, 0.15) is 48.9 Å². The molecule has 0 spiro atoms. The maximum absolute atomic E-state index is 13.3. The third-order valence-corrected chi connectivity index (χ3v) is 12.5. The van der Waals surface area contributed by atoms with E-state index in [1.807, 2.05) is 72.8 Å². The third-order valence-electron chi connectivity index (χ3n) is 11.9. The maximum atomic E-state index is 13.3. The van der Waals surface area contributed by atoms with Crippen molar-refractivity contribution in [2.45, 2.75) is 44.2 Å². The van der Waals surface area contributed by atoms with E-state index in [0.717, 1.165) is 54.7 Å². The number of phenols is 1. The van der Waals surface area contributed by atoms with Crippen molar-refractivity contribution in [3.8, 4) is 23.0 Å². The average Bonchev–Trinajstić information content (AvgIpc) is 3.33. The van der Waals surface area contributed by atoms with E-state index >= 15 is 0 Å². The lowest BCUT2D eigenvalue weighted by molar-refractivity contribution is -0.0336. The quantitative estimate of drug-likeness (QED) is 0.0423. The number of rotatable bonds is 18. The lowest BCUT2D eigenvalue weighted by Gasteiger charge is -2.43. The summed E-state index contributed by atoms with van der Waals surface area (Å²) in [6, 6.07) is 33.6. The topological polar surface area (TPSA) is 181 Å². The number of nitrogens with zero attached hydrogens (tertiary/aromatic N) is 1. The highest BCUT2D eigenvalue weighted by molar-refractivity contribution is 9.10. The summed E-state index contributed by atoms with van der Waals surface area (Å²) < 4.78 is 29.8. The number of aromatic amines is 1. The first kappa shape index (κ1) is 45.2. The van der Waals surface area contributed by atoms with Crippen LogP contribution >= 0.6 is 15.9 Å². The molecule has 3 saturated heterocycles. The first-order valence-electron chi connectivity index (χ1n) is 21.6. The van der Waals surface area contributed by atoms with Crippen LogP contribution < -0.4 is 30.4 Å². The van der Waals surface area contributed by atoms with Crippen molar-refractivity contribution in [3.63, 3.8) is 0 Å².